The minimum atomic E-state index is -0.357. The SMILES string of the molecule is COC(=O)CSc1nc2scc(-c3ccc(C)cc3)c2c(=O)[nH]1. The Morgan fingerprint density at radius 2 is 2.09 bits per heavy atom. The van der Waals surface area contributed by atoms with Crippen LogP contribution in [0.25, 0.3) is 21.3 Å². The largest absolute Gasteiger partial charge is 0.468 e. The molecule has 23 heavy (non-hydrogen) atoms. The first-order valence-corrected chi connectivity index (χ1v) is 8.73. The number of thioether (sulfide) groups is 1. The molecule has 3 rings (SSSR count). The zero-order chi connectivity index (χ0) is 16.4. The molecule has 0 unspecified atom stereocenters. The lowest BCUT2D eigenvalue weighted by Gasteiger charge is -2.02. The Morgan fingerprint density at radius 1 is 1.35 bits per heavy atom. The smallest absolute Gasteiger partial charge is 0.316 e. The molecule has 0 fully saturated rings. The molecule has 0 aliphatic heterocycles. The van der Waals surface area contributed by atoms with Gasteiger partial charge in [-0.05, 0) is 12.5 Å². The number of H-pyrrole nitrogens is 1. The Hall–Kier alpha value is -2.12. The van der Waals surface area contributed by atoms with Gasteiger partial charge in [-0.3, -0.25) is 9.59 Å². The number of rotatable bonds is 4. The van der Waals surface area contributed by atoms with Crippen molar-refractivity contribution in [2.75, 3.05) is 12.9 Å². The predicted octanol–water partition coefficient (Wildman–Crippen LogP) is 3.23. The number of methoxy groups -OCH3 is 1. The van der Waals surface area contributed by atoms with Crippen LogP contribution in [-0.4, -0.2) is 28.8 Å². The third-order valence-electron chi connectivity index (χ3n) is 3.34. The summed E-state index contributed by atoms with van der Waals surface area (Å²) >= 11 is 2.58. The molecular weight excluding hydrogens is 332 g/mol. The van der Waals surface area contributed by atoms with Gasteiger partial charge in [-0.15, -0.1) is 11.3 Å². The number of ether oxygens (including phenoxy) is 1. The van der Waals surface area contributed by atoms with Crippen LogP contribution in [0.2, 0.25) is 0 Å². The fourth-order valence-electron chi connectivity index (χ4n) is 2.13. The summed E-state index contributed by atoms with van der Waals surface area (Å²) in [6.45, 7) is 2.02. The number of aromatic amines is 1. The van der Waals surface area contributed by atoms with E-state index in [1.54, 1.807) is 0 Å². The van der Waals surface area contributed by atoms with Crippen molar-refractivity contribution >= 4 is 39.3 Å². The fraction of sp³-hybridized carbons (Fsp3) is 0.188. The molecule has 0 amide bonds. The second-order valence-electron chi connectivity index (χ2n) is 4.93. The summed E-state index contributed by atoms with van der Waals surface area (Å²) in [6.07, 6.45) is 0. The number of esters is 1. The third-order valence-corrected chi connectivity index (χ3v) is 5.06. The number of aryl methyl sites for hydroxylation is 1. The molecule has 118 valence electrons. The van der Waals surface area contributed by atoms with Crippen LogP contribution in [0.3, 0.4) is 0 Å². The molecule has 0 aliphatic carbocycles. The number of thiophene rings is 1. The molecule has 1 N–H and O–H groups in total. The molecule has 0 spiro atoms. The standard InChI is InChI=1S/C16H14N2O3S2/c1-9-3-5-10(6-4-9)11-7-22-15-13(11)14(20)17-16(18-15)23-8-12(19)21-2/h3-7H,8H2,1-2H3,(H,17,18,20). The minimum absolute atomic E-state index is 0.112. The molecule has 5 nitrogen and oxygen atoms in total. The van der Waals surface area contributed by atoms with Crippen molar-refractivity contribution < 1.29 is 9.53 Å². The van der Waals surface area contributed by atoms with E-state index < -0.39 is 0 Å². The summed E-state index contributed by atoms with van der Waals surface area (Å²) in [6, 6.07) is 8.02. The van der Waals surface area contributed by atoms with Gasteiger partial charge in [0.2, 0.25) is 0 Å². The van der Waals surface area contributed by atoms with E-state index in [4.69, 9.17) is 0 Å². The van der Waals surface area contributed by atoms with Gasteiger partial charge >= 0.3 is 5.97 Å². The fourth-order valence-corrected chi connectivity index (χ4v) is 3.83. The lowest BCUT2D eigenvalue weighted by Crippen LogP contribution is -2.10. The van der Waals surface area contributed by atoms with Crippen molar-refractivity contribution in [2.24, 2.45) is 0 Å². The Morgan fingerprint density at radius 3 is 2.78 bits per heavy atom. The van der Waals surface area contributed by atoms with E-state index >= 15 is 0 Å². The molecule has 0 saturated heterocycles. The molecule has 0 atom stereocenters. The second-order valence-corrected chi connectivity index (χ2v) is 6.75. The van der Waals surface area contributed by atoms with Crippen molar-refractivity contribution in [3.05, 3.63) is 45.6 Å². The molecule has 2 aromatic heterocycles. The van der Waals surface area contributed by atoms with Gasteiger partial charge in [0.15, 0.2) is 5.16 Å². The maximum Gasteiger partial charge on any atom is 0.316 e. The molecule has 2 heterocycles. The molecular formula is C16H14N2O3S2. The van der Waals surface area contributed by atoms with Gasteiger partial charge in [0.05, 0.1) is 18.2 Å². The summed E-state index contributed by atoms with van der Waals surface area (Å²) in [5.41, 5.74) is 2.84. The minimum Gasteiger partial charge on any atom is -0.468 e. The van der Waals surface area contributed by atoms with E-state index in [9.17, 15) is 9.59 Å². The predicted molar refractivity (Wildman–Crippen MR) is 93.2 cm³/mol. The maximum atomic E-state index is 12.4. The van der Waals surface area contributed by atoms with E-state index in [1.165, 1.54) is 24.0 Å². The van der Waals surface area contributed by atoms with Crippen LogP contribution in [0.5, 0.6) is 0 Å². The Bertz CT molecular complexity index is 913. The first-order valence-electron chi connectivity index (χ1n) is 6.86. The normalized spacial score (nSPS) is 10.9. The monoisotopic (exact) mass is 346 g/mol. The molecule has 0 bridgehead atoms. The summed E-state index contributed by atoms with van der Waals surface area (Å²) in [7, 11) is 1.33. The van der Waals surface area contributed by atoms with Crippen LogP contribution in [-0.2, 0) is 9.53 Å². The number of benzene rings is 1. The highest BCUT2D eigenvalue weighted by Crippen LogP contribution is 2.31. The van der Waals surface area contributed by atoms with Gasteiger partial charge < -0.3 is 9.72 Å². The van der Waals surface area contributed by atoms with Gasteiger partial charge in [-0.2, -0.15) is 0 Å². The van der Waals surface area contributed by atoms with Crippen molar-refractivity contribution in [3.8, 4) is 11.1 Å². The van der Waals surface area contributed by atoms with Crippen LogP contribution in [0.4, 0.5) is 0 Å². The zero-order valence-electron chi connectivity index (χ0n) is 12.6. The average Bonchev–Trinajstić information content (AvgIpc) is 2.98. The van der Waals surface area contributed by atoms with Gasteiger partial charge in [-0.25, -0.2) is 4.98 Å². The summed E-state index contributed by atoms with van der Waals surface area (Å²) in [5, 5.41) is 2.94. The van der Waals surface area contributed by atoms with Gasteiger partial charge in [-0.1, -0.05) is 41.6 Å². The van der Waals surface area contributed by atoms with Crippen LogP contribution in [0, 0.1) is 6.92 Å². The highest BCUT2D eigenvalue weighted by molar-refractivity contribution is 7.99. The number of carbonyl (C=O) groups is 1. The number of carbonyl (C=O) groups excluding carboxylic acids is 1. The Balaban J connectivity index is 1.99. The molecule has 3 aromatic rings. The van der Waals surface area contributed by atoms with E-state index in [1.807, 2.05) is 36.6 Å². The number of hydrogen-bond donors (Lipinski definition) is 1. The first-order chi connectivity index (χ1) is 11.1. The molecule has 1 aromatic carbocycles. The molecule has 0 saturated carbocycles. The molecule has 7 heteroatoms. The molecule has 0 radical (unpaired) electrons. The highest BCUT2D eigenvalue weighted by atomic mass is 32.2. The highest BCUT2D eigenvalue weighted by Gasteiger charge is 2.13. The van der Waals surface area contributed by atoms with Crippen molar-refractivity contribution in [1.29, 1.82) is 0 Å². The lowest BCUT2D eigenvalue weighted by atomic mass is 10.1. The number of aromatic nitrogens is 2. The summed E-state index contributed by atoms with van der Waals surface area (Å²) < 4.78 is 4.58. The van der Waals surface area contributed by atoms with Gasteiger partial charge in [0, 0.05) is 10.9 Å². The van der Waals surface area contributed by atoms with Gasteiger partial charge in [0.1, 0.15) is 4.83 Å². The number of nitrogens with one attached hydrogen (secondary N) is 1. The average molecular weight is 346 g/mol. The van der Waals surface area contributed by atoms with E-state index in [0.717, 1.165) is 22.9 Å². The van der Waals surface area contributed by atoms with Crippen LogP contribution >= 0.6 is 23.1 Å². The Kier molecular flexibility index (Phi) is 4.49. The van der Waals surface area contributed by atoms with E-state index in [-0.39, 0.29) is 17.3 Å². The number of fused-ring (bicyclic) bond motifs is 1. The topological polar surface area (TPSA) is 72.0 Å². The van der Waals surface area contributed by atoms with Crippen molar-refractivity contribution in [2.45, 2.75) is 12.1 Å². The van der Waals surface area contributed by atoms with Crippen LogP contribution < -0.4 is 5.56 Å². The number of nitrogens with zero attached hydrogens (tertiary/aromatic N) is 1. The van der Waals surface area contributed by atoms with Crippen molar-refractivity contribution in [1.82, 2.24) is 9.97 Å². The second kappa shape index (κ2) is 6.55. The van der Waals surface area contributed by atoms with Crippen LogP contribution in [0.15, 0.2) is 39.6 Å². The van der Waals surface area contributed by atoms with E-state index in [2.05, 4.69) is 14.7 Å². The summed E-state index contributed by atoms with van der Waals surface area (Å²) in [4.78, 5) is 31.4. The Labute approximate surface area is 140 Å². The first kappa shape index (κ1) is 15.8. The zero-order valence-corrected chi connectivity index (χ0v) is 14.2. The summed E-state index contributed by atoms with van der Waals surface area (Å²) in [5.74, 6) is -0.245. The number of hydrogen-bond acceptors (Lipinski definition) is 6. The quantitative estimate of drug-likeness (QED) is 0.446. The third kappa shape index (κ3) is 3.30. The molecule has 0 aliphatic rings. The maximum absolute atomic E-state index is 12.4. The van der Waals surface area contributed by atoms with E-state index in [0.29, 0.717) is 15.4 Å². The van der Waals surface area contributed by atoms with Gasteiger partial charge in [0.25, 0.3) is 5.56 Å². The lowest BCUT2D eigenvalue weighted by molar-refractivity contribution is -0.137. The van der Waals surface area contributed by atoms with Crippen molar-refractivity contribution in [3.63, 3.8) is 0 Å². The van der Waals surface area contributed by atoms with Crippen LogP contribution in [0.1, 0.15) is 5.56 Å².